The quantitative estimate of drug-likeness (QED) is 0.585. The molecule has 1 fully saturated rings. The van der Waals surface area contributed by atoms with Gasteiger partial charge in [-0.1, -0.05) is 55.2 Å². The van der Waals surface area contributed by atoms with Gasteiger partial charge in [-0.25, -0.2) is 9.78 Å². The Morgan fingerprint density at radius 3 is 2.64 bits per heavy atom. The van der Waals surface area contributed by atoms with Crippen LogP contribution in [0.25, 0.3) is 11.0 Å². The topological polar surface area (TPSA) is 79.1 Å². The van der Waals surface area contributed by atoms with E-state index in [4.69, 9.17) is 32.7 Å². The first-order valence-corrected chi connectivity index (χ1v) is 9.72. The fraction of sp³-hybridized carbons (Fsp3) is 0.368. The maximum atomic E-state index is 12.7. The molecule has 0 radical (unpaired) electrons. The van der Waals surface area contributed by atoms with Crippen LogP contribution in [0.2, 0.25) is 10.3 Å². The molecule has 9 heteroatoms. The molecule has 1 aliphatic heterocycles. The number of nitrogens with zero attached hydrogens (tertiary/aromatic N) is 4. The lowest BCUT2D eigenvalue weighted by Crippen LogP contribution is -2.30. The number of esters is 1. The third-order valence-corrected chi connectivity index (χ3v) is 5.55. The molecule has 3 aromatic rings. The average Bonchev–Trinajstić information content (AvgIpc) is 3.28. The first-order chi connectivity index (χ1) is 13.5. The Kier molecular flexibility index (Phi) is 5.23. The molecule has 0 amide bonds. The van der Waals surface area contributed by atoms with Crippen LogP contribution in [-0.4, -0.2) is 37.9 Å². The Morgan fingerprint density at radius 1 is 1.21 bits per heavy atom. The van der Waals surface area contributed by atoms with Gasteiger partial charge in [0.25, 0.3) is 0 Å². The second-order valence-electron chi connectivity index (χ2n) is 6.70. The number of rotatable bonds is 4. The molecule has 3 heterocycles. The van der Waals surface area contributed by atoms with Crippen molar-refractivity contribution in [1.29, 1.82) is 0 Å². The molecule has 2 aromatic heterocycles. The Balaban J connectivity index is 1.72. The average molecular weight is 421 g/mol. The summed E-state index contributed by atoms with van der Waals surface area (Å²) in [5.74, 6) is -0.430. The Bertz CT molecular complexity index is 1010. The second-order valence-corrected chi connectivity index (χ2v) is 7.42. The number of imidazole rings is 1. The molecule has 1 saturated heterocycles. The second kappa shape index (κ2) is 7.66. The molecule has 0 N–H and O–H groups in total. The zero-order valence-corrected chi connectivity index (χ0v) is 16.8. The summed E-state index contributed by atoms with van der Waals surface area (Å²) in [7, 11) is 0. The van der Waals surface area contributed by atoms with Gasteiger partial charge in [0.15, 0.2) is 22.6 Å². The van der Waals surface area contributed by atoms with Crippen molar-refractivity contribution >= 4 is 40.2 Å². The van der Waals surface area contributed by atoms with Crippen LogP contribution in [0.1, 0.15) is 36.9 Å². The van der Waals surface area contributed by atoms with Gasteiger partial charge in [-0.15, -0.1) is 10.2 Å². The van der Waals surface area contributed by atoms with E-state index < -0.39 is 18.3 Å². The molecular weight excluding hydrogens is 403 g/mol. The van der Waals surface area contributed by atoms with Crippen molar-refractivity contribution in [2.45, 2.75) is 38.7 Å². The van der Waals surface area contributed by atoms with E-state index in [1.165, 1.54) is 0 Å². The van der Waals surface area contributed by atoms with E-state index in [1.807, 2.05) is 19.9 Å². The number of benzene rings is 1. The highest BCUT2D eigenvalue weighted by molar-refractivity contribution is 6.37. The predicted molar refractivity (Wildman–Crippen MR) is 104 cm³/mol. The van der Waals surface area contributed by atoms with Crippen LogP contribution >= 0.6 is 23.2 Å². The monoisotopic (exact) mass is 420 g/mol. The third kappa shape index (κ3) is 3.23. The maximum Gasteiger partial charge on any atom is 0.338 e. The Hall–Kier alpha value is -2.22. The molecule has 0 unspecified atom stereocenters. The number of hydrogen-bond acceptors (Lipinski definition) is 6. The standard InChI is InChI=1S/C19H18Cl2N4O3/c1-3-12-10(2)15(28-19(26)11-7-5-4-6-8-11)18(27-12)25-9-22-13-14(25)17(21)24-23-16(13)20/h4-10,12,15,18H,3H2,1-2H3/t10-,12-,15-,18-/m1/s1. The van der Waals surface area contributed by atoms with Gasteiger partial charge in [0.05, 0.1) is 18.0 Å². The predicted octanol–water partition coefficient (Wildman–Crippen LogP) is 4.30. The number of fused-ring (bicyclic) bond motifs is 1. The molecule has 1 aliphatic rings. The summed E-state index contributed by atoms with van der Waals surface area (Å²) < 4.78 is 13.8. The number of aromatic nitrogens is 4. The van der Waals surface area contributed by atoms with Crippen LogP contribution in [0.4, 0.5) is 0 Å². The Morgan fingerprint density at radius 2 is 1.93 bits per heavy atom. The van der Waals surface area contributed by atoms with E-state index in [-0.39, 0.29) is 22.3 Å². The van der Waals surface area contributed by atoms with E-state index in [2.05, 4.69) is 15.2 Å². The summed E-state index contributed by atoms with van der Waals surface area (Å²) in [6.45, 7) is 4.03. The summed E-state index contributed by atoms with van der Waals surface area (Å²) in [5.41, 5.74) is 1.40. The minimum Gasteiger partial charge on any atom is -0.454 e. The van der Waals surface area contributed by atoms with E-state index in [9.17, 15) is 4.79 Å². The molecule has 1 aromatic carbocycles. The van der Waals surface area contributed by atoms with Crippen molar-refractivity contribution in [3.63, 3.8) is 0 Å². The van der Waals surface area contributed by atoms with Crippen molar-refractivity contribution < 1.29 is 14.3 Å². The van der Waals surface area contributed by atoms with Gasteiger partial charge in [-0.3, -0.25) is 4.57 Å². The smallest absolute Gasteiger partial charge is 0.338 e. The van der Waals surface area contributed by atoms with E-state index in [0.717, 1.165) is 6.42 Å². The number of halogens is 2. The van der Waals surface area contributed by atoms with Gasteiger partial charge in [0.2, 0.25) is 0 Å². The van der Waals surface area contributed by atoms with E-state index in [1.54, 1.807) is 35.2 Å². The van der Waals surface area contributed by atoms with Gasteiger partial charge in [-0.2, -0.15) is 0 Å². The minimum absolute atomic E-state index is 0.0239. The normalized spacial score (nSPS) is 24.6. The fourth-order valence-corrected chi connectivity index (χ4v) is 3.97. The van der Waals surface area contributed by atoms with Crippen LogP contribution in [0, 0.1) is 5.92 Å². The van der Waals surface area contributed by atoms with Gasteiger partial charge in [0.1, 0.15) is 11.0 Å². The molecule has 4 rings (SSSR count). The molecule has 0 saturated carbocycles. The first-order valence-electron chi connectivity index (χ1n) is 8.97. The lowest BCUT2D eigenvalue weighted by Gasteiger charge is -2.23. The number of hydrogen-bond donors (Lipinski definition) is 0. The largest absolute Gasteiger partial charge is 0.454 e. The van der Waals surface area contributed by atoms with Gasteiger partial charge >= 0.3 is 5.97 Å². The summed E-state index contributed by atoms with van der Waals surface area (Å²) in [6.07, 6.45) is 1.12. The Labute approximate surface area is 171 Å². The van der Waals surface area contributed by atoms with Gasteiger partial charge in [-0.05, 0) is 18.6 Å². The van der Waals surface area contributed by atoms with Crippen molar-refractivity contribution in [2.75, 3.05) is 0 Å². The molecule has 0 bridgehead atoms. The SMILES string of the molecule is CC[C@H]1O[C@@H](n2cnc3c(Cl)nnc(Cl)c32)[C@H](OC(=O)c2ccccc2)[C@@H]1C. The highest BCUT2D eigenvalue weighted by Gasteiger charge is 2.45. The van der Waals surface area contributed by atoms with Crippen molar-refractivity contribution in [3.05, 3.63) is 52.5 Å². The van der Waals surface area contributed by atoms with Crippen LogP contribution in [0.5, 0.6) is 0 Å². The maximum absolute atomic E-state index is 12.7. The summed E-state index contributed by atoms with van der Waals surface area (Å²) in [5, 5.41) is 7.94. The lowest BCUT2D eigenvalue weighted by molar-refractivity contribution is -0.0467. The van der Waals surface area contributed by atoms with Crippen LogP contribution in [-0.2, 0) is 9.47 Å². The first kappa shape index (κ1) is 19.1. The summed E-state index contributed by atoms with van der Waals surface area (Å²) in [6, 6.07) is 8.86. The van der Waals surface area contributed by atoms with E-state index >= 15 is 0 Å². The van der Waals surface area contributed by atoms with Crippen molar-refractivity contribution in [3.8, 4) is 0 Å². The van der Waals surface area contributed by atoms with Crippen molar-refractivity contribution in [2.24, 2.45) is 5.92 Å². The molecular formula is C19H18Cl2N4O3. The van der Waals surface area contributed by atoms with Crippen LogP contribution in [0.3, 0.4) is 0 Å². The minimum atomic E-state index is -0.602. The highest BCUT2D eigenvalue weighted by Crippen LogP contribution is 2.40. The third-order valence-electron chi connectivity index (χ3n) is 5.04. The number of carbonyl (C=O) groups is 1. The molecule has 28 heavy (non-hydrogen) atoms. The fourth-order valence-electron chi connectivity index (χ4n) is 3.57. The molecule has 146 valence electrons. The van der Waals surface area contributed by atoms with Crippen LogP contribution < -0.4 is 0 Å². The number of carbonyl (C=O) groups excluding carboxylic acids is 1. The molecule has 4 atom stereocenters. The lowest BCUT2D eigenvalue weighted by atomic mass is 9.98. The van der Waals surface area contributed by atoms with Gasteiger partial charge < -0.3 is 9.47 Å². The zero-order valence-electron chi connectivity index (χ0n) is 15.3. The van der Waals surface area contributed by atoms with Gasteiger partial charge in [0, 0.05) is 5.92 Å². The number of ether oxygens (including phenoxy) is 2. The van der Waals surface area contributed by atoms with E-state index in [0.29, 0.717) is 16.6 Å². The molecule has 7 nitrogen and oxygen atoms in total. The molecule has 0 spiro atoms. The summed E-state index contributed by atoms with van der Waals surface area (Å²) >= 11 is 12.4. The van der Waals surface area contributed by atoms with Crippen molar-refractivity contribution in [1.82, 2.24) is 19.7 Å². The highest BCUT2D eigenvalue weighted by atomic mass is 35.5. The van der Waals surface area contributed by atoms with Crippen LogP contribution in [0.15, 0.2) is 36.7 Å². The zero-order chi connectivity index (χ0) is 19.8. The summed E-state index contributed by atoms with van der Waals surface area (Å²) in [4.78, 5) is 17.0. The molecule has 0 aliphatic carbocycles.